The first kappa shape index (κ1) is 24.4. The number of fused-ring (bicyclic) bond motifs is 1. The number of nitrogens with zero attached hydrogens (tertiary/aromatic N) is 5. The summed E-state index contributed by atoms with van der Waals surface area (Å²) in [7, 11) is 1.83. The summed E-state index contributed by atoms with van der Waals surface area (Å²) in [6, 6.07) is 0.412. The lowest BCUT2D eigenvalue weighted by Gasteiger charge is -2.43. The molecule has 4 rings (SSSR count). The molecule has 0 unspecified atom stereocenters. The second-order valence-electron chi connectivity index (χ2n) is 9.83. The van der Waals surface area contributed by atoms with Crippen LogP contribution in [0.2, 0.25) is 0 Å². The van der Waals surface area contributed by atoms with Gasteiger partial charge >= 0.3 is 0 Å². The Kier molecular flexibility index (Phi) is 7.39. The third kappa shape index (κ3) is 4.89. The zero-order valence-corrected chi connectivity index (χ0v) is 21.4. The number of hydrogen-bond acceptors (Lipinski definition) is 6. The monoisotopic (exact) mass is 461 g/mol. The van der Waals surface area contributed by atoms with Gasteiger partial charge in [-0.2, -0.15) is 0 Å². The fourth-order valence-corrected chi connectivity index (χ4v) is 4.84. The van der Waals surface area contributed by atoms with Crippen LogP contribution in [0.25, 0.3) is 0 Å². The highest BCUT2D eigenvalue weighted by Crippen LogP contribution is 2.37. The van der Waals surface area contributed by atoms with Gasteiger partial charge in [-0.15, -0.1) is 0 Å². The van der Waals surface area contributed by atoms with Gasteiger partial charge in [-0.3, -0.25) is 14.8 Å². The molecule has 6 heteroatoms. The molecule has 3 heterocycles. The van der Waals surface area contributed by atoms with E-state index in [1.165, 1.54) is 29.0 Å². The molecule has 1 aliphatic carbocycles. The van der Waals surface area contributed by atoms with E-state index in [9.17, 15) is 5.11 Å². The van der Waals surface area contributed by atoms with Crippen molar-refractivity contribution in [2.24, 2.45) is 9.98 Å². The number of allylic oxidation sites excluding steroid dienone is 6. The minimum atomic E-state index is 0.218. The Labute approximate surface area is 204 Å². The van der Waals surface area contributed by atoms with Crippen molar-refractivity contribution in [1.82, 2.24) is 14.7 Å². The fraction of sp³-hybridized carbons (Fsp3) is 0.500. The molecule has 0 aromatic heterocycles. The number of aliphatic hydroxyl groups excluding tert-OH is 1. The number of amidine groups is 1. The number of aliphatic hydroxyl groups is 1. The minimum absolute atomic E-state index is 0.218. The smallest absolute Gasteiger partial charge is 0.140 e. The van der Waals surface area contributed by atoms with Crippen LogP contribution in [0.15, 0.2) is 80.4 Å². The molecule has 34 heavy (non-hydrogen) atoms. The molecule has 0 spiro atoms. The fourth-order valence-electron chi connectivity index (χ4n) is 4.84. The number of β-amino-alcohol motifs (C(OH)–C–C–N with tert-alkyl or cyclic N) is 1. The maximum atomic E-state index is 9.36. The molecular formula is C28H39N5O. The lowest BCUT2D eigenvalue weighted by atomic mass is 9.88. The largest absolute Gasteiger partial charge is 0.395 e. The number of aliphatic imine (C=N–C) groups is 2. The summed E-state index contributed by atoms with van der Waals surface area (Å²) in [5, 5.41) is 9.36. The first-order valence-electron chi connectivity index (χ1n) is 12.5. The Bertz CT molecular complexity index is 1060. The summed E-state index contributed by atoms with van der Waals surface area (Å²) in [6.45, 7) is 16.4. The number of piperazine rings is 1. The second-order valence-corrected chi connectivity index (χ2v) is 9.83. The standard InChI is InChI=1S/C28H39N5O/c1-19(2)20(3)15-25(29-6)26-16-27(23-8-7-9-23)33-18-24(14-21(4)28(33)30-26)32-11-10-31(12-13-34)22(5)17-32/h14-16,18,22,34H,1,7-13,17H2,2-6H3/b20-15+,29-25?/t22-/m1/s1. The lowest BCUT2D eigenvalue weighted by Crippen LogP contribution is -2.52. The molecule has 0 radical (unpaired) electrons. The van der Waals surface area contributed by atoms with Crippen molar-refractivity contribution in [3.63, 3.8) is 0 Å². The first-order chi connectivity index (χ1) is 16.3. The molecule has 0 bridgehead atoms. The normalized spacial score (nSPS) is 24.2. The van der Waals surface area contributed by atoms with Gasteiger partial charge in [-0.1, -0.05) is 12.2 Å². The highest BCUT2D eigenvalue weighted by atomic mass is 16.3. The van der Waals surface area contributed by atoms with Crippen LogP contribution >= 0.6 is 0 Å². The van der Waals surface area contributed by atoms with E-state index in [2.05, 4.69) is 71.5 Å². The van der Waals surface area contributed by atoms with Crippen molar-refractivity contribution in [2.75, 3.05) is 39.8 Å². The number of rotatable bonds is 6. The molecule has 1 N–H and O–H groups in total. The Morgan fingerprint density at radius 3 is 2.62 bits per heavy atom. The molecule has 2 fully saturated rings. The minimum Gasteiger partial charge on any atom is -0.395 e. The van der Waals surface area contributed by atoms with Gasteiger partial charge in [0.2, 0.25) is 0 Å². The number of hydrogen-bond donors (Lipinski definition) is 1. The van der Waals surface area contributed by atoms with Crippen LogP contribution in [-0.2, 0) is 0 Å². The highest BCUT2D eigenvalue weighted by Gasteiger charge is 2.31. The van der Waals surface area contributed by atoms with Crippen LogP contribution in [0.5, 0.6) is 0 Å². The first-order valence-corrected chi connectivity index (χ1v) is 12.5. The highest BCUT2D eigenvalue weighted by molar-refractivity contribution is 6.13. The lowest BCUT2D eigenvalue weighted by molar-refractivity contribution is 0.0865. The van der Waals surface area contributed by atoms with Gasteiger partial charge in [-0.05, 0) is 81.9 Å². The van der Waals surface area contributed by atoms with Crippen molar-refractivity contribution >= 4 is 11.5 Å². The van der Waals surface area contributed by atoms with Crippen LogP contribution in [-0.4, -0.2) is 77.2 Å². The SMILES string of the molecule is C=C(C)/C(C)=C/C(=NC)C1=CC(=C2CCC2)N2C=C(N3CCN(CCO)[C@H](C)C3)C=C(C)C2=N1. The summed E-state index contributed by atoms with van der Waals surface area (Å²) in [6.07, 6.45) is 12.4. The van der Waals surface area contributed by atoms with Crippen LogP contribution in [0.3, 0.4) is 0 Å². The predicted octanol–water partition coefficient (Wildman–Crippen LogP) is 4.42. The van der Waals surface area contributed by atoms with Crippen molar-refractivity contribution in [3.8, 4) is 0 Å². The van der Waals surface area contributed by atoms with Gasteiger partial charge in [0.05, 0.1) is 23.7 Å². The summed E-state index contributed by atoms with van der Waals surface area (Å²) < 4.78 is 0. The predicted molar refractivity (Wildman–Crippen MR) is 142 cm³/mol. The van der Waals surface area contributed by atoms with Gasteiger partial charge in [0, 0.05) is 51.2 Å². The summed E-state index contributed by atoms with van der Waals surface area (Å²) >= 11 is 0. The summed E-state index contributed by atoms with van der Waals surface area (Å²) in [5.74, 6) is 0.991. The molecule has 0 aromatic rings. The molecule has 3 aliphatic heterocycles. The van der Waals surface area contributed by atoms with Crippen LogP contribution in [0.4, 0.5) is 0 Å². The van der Waals surface area contributed by atoms with Gasteiger partial charge in [0.15, 0.2) is 0 Å². The Morgan fingerprint density at radius 2 is 2.03 bits per heavy atom. The molecule has 1 atom stereocenters. The van der Waals surface area contributed by atoms with E-state index in [1.807, 2.05) is 14.0 Å². The average Bonchev–Trinajstić information content (AvgIpc) is 2.77. The molecule has 6 nitrogen and oxygen atoms in total. The summed E-state index contributed by atoms with van der Waals surface area (Å²) in [4.78, 5) is 16.8. The van der Waals surface area contributed by atoms with E-state index in [0.717, 1.165) is 67.4 Å². The van der Waals surface area contributed by atoms with Gasteiger partial charge < -0.3 is 10.0 Å². The molecule has 1 saturated heterocycles. The van der Waals surface area contributed by atoms with Crippen LogP contribution in [0, 0.1) is 0 Å². The maximum absolute atomic E-state index is 9.36. The van der Waals surface area contributed by atoms with E-state index in [4.69, 9.17) is 4.99 Å². The molecule has 1 saturated carbocycles. The Hall–Kier alpha value is -2.70. The third-order valence-corrected chi connectivity index (χ3v) is 7.33. The van der Waals surface area contributed by atoms with E-state index in [-0.39, 0.29) is 6.61 Å². The molecule has 4 aliphatic rings. The van der Waals surface area contributed by atoms with Crippen molar-refractivity contribution in [2.45, 2.75) is 53.0 Å². The van der Waals surface area contributed by atoms with Gasteiger partial charge in [-0.25, -0.2) is 4.99 Å². The maximum Gasteiger partial charge on any atom is 0.140 e. The van der Waals surface area contributed by atoms with Gasteiger partial charge in [0.25, 0.3) is 0 Å². The zero-order valence-electron chi connectivity index (χ0n) is 21.4. The quantitative estimate of drug-likeness (QED) is 0.470. The van der Waals surface area contributed by atoms with E-state index in [0.29, 0.717) is 6.04 Å². The van der Waals surface area contributed by atoms with Crippen molar-refractivity contribution in [1.29, 1.82) is 0 Å². The molecule has 0 aromatic carbocycles. The summed E-state index contributed by atoms with van der Waals surface area (Å²) in [5.41, 5.74) is 9.12. The Morgan fingerprint density at radius 1 is 1.26 bits per heavy atom. The second kappa shape index (κ2) is 10.3. The van der Waals surface area contributed by atoms with Crippen LogP contribution in [0.1, 0.15) is 47.0 Å². The van der Waals surface area contributed by atoms with E-state index >= 15 is 0 Å². The third-order valence-electron chi connectivity index (χ3n) is 7.33. The van der Waals surface area contributed by atoms with Crippen molar-refractivity contribution < 1.29 is 5.11 Å². The van der Waals surface area contributed by atoms with Crippen molar-refractivity contribution in [3.05, 3.63) is 70.4 Å². The van der Waals surface area contributed by atoms with Gasteiger partial charge in [0.1, 0.15) is 5.84 Å². The van der Waals surface area contributed by atoms with E-state index in [1.54, 1.807) is 0 Å². The topological polar surface area (TPSA) is 54.7 Å². The molecule has 0 amide bonds. The van der Waals surface area contributed by atoms with E-state index < -0.39 is 0 Å². The average molecular weight is 462 g/mol. The zero-order chi connectivity index (χ0) is 24.4. The molecular weight excluding hydrogens is 422 g/mol. The van der Waals surface area contributed by atoms with Crippen LogP contribution < -0.4 is 0 Å². The Balaban J connectivity index is 1.67. The molecule has 182 valence electrons.